The first kappa shape index (κ1) is 19.7. The van der Waals surface area contributed by atoms with Crippen LogP contribution >= 0.6 is 11.8 Å². The molecule has 0 unspecified atom stereocenters. The summed E-state index contributed by atoms with van der Waals surface area (Å²) in [5.41, 5.74) is 3.04. The molecule has 0 radical (unpaired) electrons. The number of benzene rings is 2. The van der Waals surface area contributed by atoms with Gasteiger partial charge in [0.2, 0.25) is 0 Å². The average molecular weight is 417 g/mol. The van der Waals surface area contributed by atoms with Crippen molar-refractivity contribution in [1.29, 1.82) is 0 Å². The number of hydrogen-bond acceptors (Lipinski definition) is 5. The summed E-state index contributed by atoms with van der Waals surface area (Å²) in [6, 6.07) is 20.4. The Bertz CT molecular complexity index is 1130. The van der Waals surface area contributed by atoms with Crippen molar-refractivity contribution in [3.8, 4) is 11.4 Å². The molecule has 2 aromatic heterocycles. The van der Waals surface area contributed by atoms with Crippen molar-refractivity contribution in [2.75, 3.05) is 11.6 Å². The number of amides is 1. The van der Waals surface area contributed by atoms with Gasteiger partial charge in [0.1, 0.15) is 12.4 Å². The first-order valence-corrected chi connectivity index (χ1v) is 10.6. The lowest BCUT2D eigenvalue weighted by Crippen LogP contribution is -2.12. The molecule has 0 spiro atoms. The van der Waals surface area contributed by atoms with Crippen molar-refractivity contribution in [3.05, 3.63) is 96.6 Å². The van der Waals surface area contributed by atoms with Gasteiger partial charge >= 0.3 is 0 Å². The molecule has 0 aliphatic carbocycles. The number of thioether (sulfide) groups is 1. The third-order valence-electron chi connectivity index (χ3n) is 4.40. The Balaban J connectivity index is 1.41. The smallest absolute Gasteiger partial charge is 0.255 e. The number of aromatic nitrogens is 3. The van der Waals surface area contributed by atoms with Gasteiger partial charge < -0.3 is 10.1 Å². The molecule has 1 N–H and O–H groups in total. The molecular formula is C23H20N4O2S. The zero-order chi connectivity index (χ0) is 20.8. The maximum atomic E-state index is 12.6. The molecule has 0 aliphatic heterocycles. The minimum Gasteiger partial charge on any atom is -0.487 e. The molecule has 0 saturated heterocycles. The van der Waals surface area contributed by atoms with Crippen LogP contribution in [0.25, 0.3) is 5.69 Å². The summed E-state index contributed by atoms with van der Waals surface area (Å²) in [6.45, 7) is 0.367. The summed E-state index contributed by atoms with van der Waals surface area (Å²) < 4.78 is 7.76. The van der Waals surface area contributed by atoms with E-state index in [0.717, 1.165) is 16.5 Å². The second-order valence-corrected chi connectivity index (χ2v) is 7.20. The maximum Gasteiger partial charge on any atom is 0.255 e. The Morgan fingerprint density at radius 3 is 2.67 bits per heavy atom. The standard InChI is InChI=1S/C23H20N4O2S/c1-30-23-25-13-14-27(23)20-10-8-17(9-11-20)22(28)26-18-6-4-7-21(15-18)29-16-19-5-2-3-12-24-19/h2-15H,16H2,1H3,(H,26,28). The molecule has 2 heterocycles. The van der Waals surface area contributed by atoms with Crippen LogP contribution in [0.15, 0.2) is 90.5 Å². The number of ether oxygens (including phenoxy) is 1. The van der Waals surface area contributed by atoms with Crippen LogP contribution in [0.4, 0.5) is 5.69 Å². The minimum atomic E-state index is -0.181. The van der Waals surface area contributed by atoms with Gasteiger partial charge in [0.15, 0.2) is 5.16 Å². The lowest BCUT2D eigenvalue weighted by molar-refractivity contribution is 0.102. The third-order valence-corrected chi connectivity index (χ3v) is 5.07. The highest BCUT2D eigenvalue weighted by Crippen LogP contribution is 2.21. The highest BCUT2D eigenvalue weighted by atomic mass is 32.2. The summed E-state index contributed by atoms with van der Waals surface area (Å²) in [5, 5.41) is 3.81. The number of pyridine rings is 1. The fourth-order valence-electron chi connectivity index (χ4n) is 2.92. The number of rotatable bonds is 7. The molecule has 1 amide bonds. The quantitative estimate of drug-likeness (QED) is 0.438. The SMILES string of the molecule is CSc1nccn1-c1ccc(C(=O)Nc2cccc(OCc3ccccn3)c2)cc1. The summed E-state index contributed by atoms with van der Waals surface area (Å²) in [4.78, 5) is 21.2. The fraction of sp³-hybridized carbons (Fsp3) is 0.0870. The summed E-state index contributed by atoms with van der Waals surface area (Å²) in [7, 11) is 0. The van der Waals surface area contributed by atoms with Gasteiger partial charge in [0, 0.05) is 41.6 Å². The van der Waals surface area contributed by atoms with Gasteiger partial charge in [-0.05, 0) is 54.8 Å². The molecule has 2 aromatic carbocycles. The zero-order valence-electron chi connectivity index (χ0n) is 16.4. The topological polar surface area (TPSA) is 69.0 Å². The van der Waals surface area contributed by atoms with Gasteiger partial charge in [-0.1, -0.05) is 23.9 Å². The van der Waals surface area contributed by atoms with Crippen LogP contribution < -0.4 is 10.1 Å². The first-order chi connectivity index (χ1) is 14.7. The average Bonchev–Trinajstić information content (AvgIpc) is 3.28. The van der Waals surface area contributed by atoms with Crippen molar-refractivity contribution < 1.29 is 9.53 Å². The second-order valence-electron chi connectivity index (χ2n) is 6.42. The van der Waals surface area contributed by atoms with Crippen molar-refractivity contribution in [1.82, 2.24) is 14.5 Å². The molecule has 150 valence electrons. The van der Waals surface area contributed by atoms with E-state index in [0.29, 0.717) is 23.6 Å². The lowest BCUT2D eigenvalue weighted by atomic mass is 10.2. The highest BCUT2D eigenvalue weighted by molar-refractivity contribution is 7.98. The predicted molar refractivity (Wildman–Crippen MR) is 118 cm³/mol. The van der Waals surface area contributed by atoms with Crippen molar-refractivity contribution >= 4 is 23.4 Å². The molecular weight excluding hydrogens is 396 g/mol. The fourth-order valence-corrected chi connectivity index (χ4v) is 3.45. The molecule has 0 atom stereocenters. The Kier molecular flexibility index (Phi) is 6.10. The van der Waals surface area contributed by atoms with Gasteiger partial charge in [-0.25, -0.2) is 4.98 Å². The van der Waals surface area contributed by atoms with Gasteiger partial charge in [-0.15, -0.1) is 0 Å². The molecule has 7 heteroatoms. The van der Waals surface area contributed by atoms with E-state index in [1.54, 1.807) is 42.4 Å². The Morgan fingerprint density at radius 2 is 1.90 bits per heavy atom. The van der Waals surface area contributed by atoms with Crippen LogP contribution in [0.3, 0.4) is 0 Å². The summed E-state index contributed by atoms with van der Waals surface area (Å²) >= 11 is 1.57. The Hall–Kier alpha value is -3.58. The molecule has 6 nitrogen and oxygen atoms in total. The minimum absolute atomic E-state index is 0.181. The van der Waals surface area contributed by atoms with E-state index in [1.807, 2.05) is 65.6 Å². The maximum absolute atomic E-state index is 12.6. The number of carbonyl (C=O) groups excluding carboxylic acids is 1. The van der Waals surface area contributed by atoms with Gasteiger partial charge in [0.25, 0.3) is 5.91 Å². The second kappa shape index (κ2) is 9.28. The van der Waals surface area contributed by atoms with E-state index in [9.17, 15) is 4.79 Å². The van der Waals surface area contributed by atoms with Crippen LogP contribution in [-0.4, -0.2) is 26.7 Å². The van der Waals surface area contributed by atoms with Crippen molar-refractivity contribution in [2.45, 2.75) is 11.8 Å². The number of carbonyl (C=O) groups is 1. The molecule has 0 saturated carbocycles. The lowest BCUT2D eigenvalue weighted by Gasteiger charge is -2.10. The van der Waals surface area contributed by atoms with E-state index in [-0.39, 0.29) is 5.91 Å². The van der Waals surface area contributed by atoms with E-state index in [2.05, 4.69) is 15.3 Å². The van der Waals surface area contributed by atoms with E-state index < -0.39 is 0 Å². The first-order valence-electron chi connectivity index (χ1n) is 9.35. The molecule has 4 aromatic rings. The van der Waals surface area contributed by atoms with Crippen LogP contribution in [-0.2, 0) is 6.61 Å². The number of nitrogens with zero attached hydrogens (tertiary/aromatic N) is 3. The molecule has 4 rings (SSSR count). The van der Waals surface area contributed by atoms with Gasteiger partial charge in [0.05, 0.1) is 5.69 Å². The van der Waals surface area contributed by atoms with E-state index in [4.69, 9.17) is 4.74 Å². The summed E-state index contributed by atoms with van der Waals surface area (Å²) in [6.07, 6.45) is 7.37. The Morgan fingerprint density at radius 1 is 1.03 bits per heavy atom. The number of anilines is 1. The van der Waals surface area contributed by atoms with Crippen LogP contribution in [0, 0.1) is 0 Å². The molecule has 0 fully saturated rings. The van der Waals surface area contributed by atoms with Crippen LogP contribution in [0.5, 0.6) is 5.75 Å². The third kappa shape index (κ3) is 4.69. The van der Waals surface area contributed by atoms with Gasteiger partial charge in [-0.3, -0.25) is 14.3 Å². The number of imidazole rings is 1. The highest BCUT2D eigenvalue weighted by Gasteiger charge is 2.09. The van der Waals surface area contributed by atoms with E-state index >= 15 is 0 Å². The van der Waals surface area contributed by atoms with Crippen molar-refractivity contribution in [2.24, 2.45) is 0 Å². The van der Waals surface area contributed by atoms with E-state index in [1.165, 1.54) is 0 Å². The van der Waals surface area contributed by atoms with Crippen LogP contribution in [0.1, 0.15) is 16.1 Å². The zero-order valence-corrected chi connectivity index (χ0v) is 17.2. The van der Waals surface area contributed by atoms with Gasteiger partial charge in [-0.2, -0.15) is 0 Å². The van der Waals surface area contributed by atoms with Crippen LogP contribution in [0.2, 0.25) is 0 Å². The predicted octanol–water partition coefficient (Wildman–Crippen LogP) is 4.82. The summed E-state index contributed by atoms with van der Waals surface area (Å²) in [5.74, 6) is 0.484. The molecule has 0 bridgehead atoms. The normalized spacial score (nSPS) is 10.6. The van der Waals surface area contributed by atoms with Crippen molar-refractivity contribution in [3.63, 3.8) is 0 Å². The molecule has 0 aliphatic rings. The number of nitrogens with one attached hydrogen (secondary N) is 1. The largest absolute Gasteiger partial charge is 0.487 e. The number of hydrogen-bond donors (Lipinski definition) is 1. The monoisotopic (exact) mass is 416 g/mol. The molecule has 30 heavy (non-hydrogen) atoms. The Labute approximate surface area is 179 Å².